The first-order chi connectivity index (χ1) is 2.64. The molecule has 0 bridgehead atoms. The molecule has 0 fully saturated rings. The Bertz CT molecular complexity index is 28.5. The summed E-state index contributed by atoms with van der Waals surface area (Å²) in [6.07, 6.45) is 0. The van der Waals surface area contributed by atoms with Crippen LogP contribution in [0.2, 0.25) is 0 Å². The maximum atomic E-state index is 2.23. The fourth-order valence-corrected chi connectivity index (χ4v) is 0. The van der Waals surface area contributed by atoms with Crippen LogP contribution in [0.25, 0.3) is 0 Å². The van der Waals surface area contributed by atoms with Gasteiger partial charge in [-0.15, -0.1) is 0 Å². The molecule has 0 aromatic carbocycles. The molecule has 2 heteroatoms. The Labute approximate surface area is 41.1 Å². The molecule has 0 unspecified atom stereocenters. The molecule has 0 radical (unpaired) electrons. The zero-order valence-electron chi connectivity index (χ0n) is 4.89. The van der Waals surface area contributed by atoms with Gasteiger partial charge in [-0.2, -0.15) is 0 Å². The zero-order valence-corrected chi connectivity index (χ0v) is 5.79. The predicted molar refractivity (Wildman–Crippen MR) is 32.5 cm³/mol. The minimum atomic E-state index is 0.174. The third-order valence-corrected chi connectivity index (χ3v) is 2.40. The Morgan fingerprint density at radius 1 is 1.17 bits per heavy atom. The van der Waals surface area contributed by atoms with E-state index in [9.17, 15) is 0 Å². The van der Waals surface area contributed by atoms with Gasteiger partial charge >= 0.3 is 0 Å². The first-order valence-electron chi connectivity index (χ1n) is 1.99. The summed E-state index contributed by atoms with van der Waals surface area (Å²) in [6.45, 7) is 4.46. The van der Waals surface area contributed by atoms with Crippen molar-refractivity contribution in [2.75, 3.05) is 27.4 Å². The lowest BCUT2D eigenvalue weighted by Gasteiger charge is -2.12. The van der Waals surface area contributed by atoms with E-state index in [1.54, 1.807) is 0 Å². The molecule has 0 heterocycles. The zero-order chi connectivity index (χ0) is 5.15. The Balaban J connectivity index is 2.99. The van der Waals surface area contributed by atoms with Crippen molar-refractivity contribution in [2.24, 2.45) is 0 Å². The highest BCUT2D eigenvalue weighted by molar-refractivity contribution is 7.53. The highest BCUT2D eigenvalue weighted by Crippen LogP contribution is 2.25. The molecule has 0 aromatic rings. The first-order valence-corrected chi connectivity index (χ1v) is 4.18. The van der Waals surface area contributed by atoms with Crippen molar-refractivity contribution < 1.29 is 0 Å². The van der Waals surface area contributed by atoms with Crippen molar-refractivity contribution in [1.29, 1.82) is 0 Å². The molecule has 0 rings (SSSR count). The summed E-state index contributed by atoms with van der Waals surface area (Å²) in [5.41, 5.74) is 0. The van der Waals surface area contributed by atoms with Crippen LogP contribution in [0.4, 0.5) is 0 Å². The minimum Gasteiger partial charge on any atom is -0.289 e. The van der Waals surface area contributed by atoms with E-state index in [4.69, 9.17) is 0 Å². The summed E-state index contributed by atoms with van der Waals surface area (Å²) in [5.74, 6) is 0. The van der Waals surface area contributed by atoms with Gasteiger partial charge in [-0.1, -0.05) is 0 Å². The Hall–Kier alpha value is 0.390. The van der Waals surface area contributed by atoms with Crippen LogP contribution in [0.3, 0.4) is 0 Å². The van der Waals surface area contributed by atoms with Gasteiger partial charge in [0.05, 0.1) is 0 Å². The summed E-state index contributed by atoms with van der Waals surface area (Å²) in [4.78, 5) is 0. The van der Waals surface area contributed by atoms with Crippen molar-refractivity contribution in [3.05, 3.63) is 0 Å². The quantitative estimate of drug-likeness (QED) is 0.453. The SMILES string of the molecule is CN(C)P(C)C. The largest absolute Gasteiger partial charge is 0.289 e. The lowest BCUT2D eigenvalue weighted by atomic mass is 11.3. The van der Waals surface area contributed by atoms with Crippen molar-refractivity contribution >= 4 is 8.07 Å². The van der Waals surface area contributed by atoms with Crippen molar-refractivity contribution in [1.82, 2.24) is 4.67 Å². The second-order valence-corrected chi connectivity index (χ2v) is 4.19. The Kier molecular flexibility index (Phi) is 2.71. The van der Waals surface area contributed by atoms with Crippen LogP contribution in [-0.4, -0.2) is 32.1 Å². The molecule has 0 spiro atoms. The second kappa shape index (κ2) is 2.54. The fourth-order valence-electron chi connectivity index (χ4n) is 0. The van der Waals surface area contributed by atoms with E-state index in [2.05, 4.69) is 32.1 Å². The maximum absolute atomic E-state index is 2.23. The minimum absolute atomic E-state index is 0.174. The van der Waals surface area contributed by atoms with E-state index in [0.29, 0.717) is 0 Å². The molecule has 0 aliphatic heterocycles. The maximum Gasteiger partial charge on any atom is -0.00974 e. The number of rotatable bonds is 1. The van der Waals surface area contributed by atoms with Crippen molar-refractivity contribution in [3.63, 3.8) is 0 Å². The monoisotopic (exact) mass is 105 g/mol. The number of hydrogen-bond donors (Lipinski definition) is 0. The van der Waals surface area contributed by atoms with Gasteiger partial charge in [0.25, 0.3) is 0 Å². The average molecular weight is 105 g/mol. The molecule has 0 N–H and O–H groups in total. The molecule has 0 aliphatic carbocycles. The van der Waals surface area contributed by atoms with Crippen molar-refractivity contribution in [2.45, 2.75) is 0 Å². The van der Waals surface area contributed by atoms with Gasteiger partial charge in [0.15, 0.2) is 0 Å². The predicted octanol–water partition coefficient (Wildman–Crippen LogP) is 1.20. The van der Waals surface area contributed by atoms with E-state index in [1.165, 1.54) is 0 Å². The molecular weight excluding hydrogens is 93.0 g/mol. The van der Waals surface area contributed by atoms with Gasteiger partial charge < -0.3 is 0 Å². The van der Waals surface area contributed by atoms with Crippen LogP contribution in [0.15, 0.2) is 0 Å². The van der Waals surface area contributed by atoms with E-state index in [1.807, 2.05) is 0 Å². The summed E-state index contributed by atoms with van der Waals surface area (Å²) >= 11 is 0. The van der Waals surface area contributed by atoms with Crippen LogP contribution in [0, 0.1) is 0 Å². The van der Waals surface area contributed by atoms with E-state index < -0.39 is 0 Å². The van der Waals surface area contributed by atoms with E-state index in [-0.39, 0.29) is 8.07 Å². The fraction of sp³-hybridized carbons (Fsp3) is 1.00. The van der Waals surface area contributed by atoms with E-state index in [0.717, 1.165) is 0 Å². The first kappa shape index (κ1) is 6.39. The standard InChI is InChI=1S/C4H12NP/c1-5(2)6(3)4/h1-4H3. The molecule has 1 nitrogen and oxygen atoms in total. The van der Waals surface area contributed by atoms with Gasteiger partial charge in [0.2, 0.25) is 0 Å². The molecule has 0 saturated heterocycles. The molecule has 0 aromatic heterocycles. The molecule has 6 heavy (non-hydrogen) atoms. The molecule has 0 amide bonds. The number of hydrogen-bond acceptors (Lipinski definition) is 1. The highest BCUT2D eigenvalue weighted by atomic mass is 31.1. The number of nitrogens with zero attached hydrogens (tertiary/aromatic N) is 1. The van der Waals surface area contributed by atoms with Crippen LogP contribution in [0.5, 0.6) is 0 Å². The average Bonchev–Trinajstić information content (AvgIpc) is 1.36. The van der Waals surface area contributed by atoms with Crippen LogP contribution in [0.1, 0.15) is 0 Å². The van der Waals surface area contributed by atoms with Crippen LogP contribution in [-0.2, 0) is 0 Å². The van der Waals surface area contributed by atoms with Crippen LogP contribution < -0.4 is 0 Å². The Morgan fingerprint density at radius 2 is 1.33 bits per heavy atom. The van der Waals surface area contributed by atoms with Gasteiger partial charge in [-0.3, -0.25) is 4.67 Å². The summed E-state index contributed by atoms with van der Waals surface area (Å²) in [5, 5.41) is 0. The molecule has 0 aliphatic rings. The molecule has 38 valence electrons. The highest BCUT2D eigenvalue weighted by Gasteiger charge is 1.89. The third kappa shape index (κ3) is 2.62. The lowest BCUT2D eigenvalue weighted by Crippen LogP contribution is -2.00. The van der Waals surface area contributed by atoms with Crippen LogP contribution >= 0.6 is 8.07 Å². The molecule has 0 saturated carbocycles. The van der Waals surface area contributed by atoms with Crippen molar-refractivity contribution in [3.8, 4) is 0 Å². The third-order valence-electron chi connectivity index (χ3n) is 0.800. The van der Waals surface area contributed by atoms with Gasteiger partial charge in [0.1, 0.15) is 0 Å². The topological polar surface area (TPSA) is 3.24 Å². The Morgan fingerprint density at radius 3 is 1.33 bits per heavy atom. The molecular formula is C4H12NP. The smallest absolute Gasteiger partial charge is 0.00974 e. The summed E-state index contributed by atoms with van der Waals surface area (Å²) in [7, 11) is 4.38. The molecule has 0 atom stereocenters. The van der Waals surface area contributed by atoms with Gasteiger partial charge in [0, 0.05) is 0 Å². The van der Waals surface area contributed by atoms with Gasteiger partial charge in [-0.05, 0) is 35.5 Å². The van der Waals surface area contributed by atoms with E-state index >= 15 is 0 Å². The van der Waals surface area contributed by atoms with Gasteiger partial charge in [-0.25, -0.2) is 0 Å². The summed E-state index contributed by atoms with van der Waals surface area (Å²) < 4.78 is 2.23. The normalized spacial score (nSPS) is 11.0. The second-order valence-electron chi connectivity index (χ2n) is 1.69. The lowest BCUT2D eigenvalue weighted by molar-refractivity contribution is 0.684. The summed E-state index contributed by atoms with van der Waals surface area (Å²) in [6, 6.07) is 0.